The fourth-order valence-electron chi connectivity index (χ4n) is 2.95. The summed E-state index contributed by atoms with van der Waals surface area (Å²) >= 11 is 0. The third-order valence-electron chi connectivity index (χ3n) is 4.16. The second-order valence-corrected chi connectivity index (χ2v) is 6.15. The Kier molecular flexibility index (Phi) is 4.16. The summed E-state index contributed by atoms with van der Waals surface area (Å²) in [5.74, 6) is 0. The molecule has 1 aromatic heterocycles. The molecule has 3 rings (SSSR count). The molecule has 3 aromatic rings. The summed E-state index contributed by atoms with van der Waals surface area (Å²) in [6, 6.07) is 14.9. The molecule has 1 heterocycles. The van der Waals surface area contributed by atoms with E-state index in [1.807, 2.05) is 12.3 Å². The number of anilines is 1. The Balaban J connectivity index is 2.01. The fraction of sp³-hybridized carbons (Fsp3) is 0.190. The summed E-state index contributed by atoms with van der Waals surface area (Å²) in [5.41, 5.74) is 7.23. The molecule has 0 bridgehead atoms. The van der Waals surface area contributed by atoms with Crippen LogP contribution >= 0.6 is 0 Å². The van der Waals surface area contributed by atoms with Gasteiger partial charge in [-0.1, -0.05) is 36.4 Å². The molecule has 0 radical (unpaired) electrons. The molecule has 0 aliphatic heterocycles. The van der Waals surface area contributed by atoms with Crippen LogP contribution in [0.1, 0.15) is 22.3 Å². The maximum atomic E-state index is 4.50. The molecular weight excluding hydrogens is 280 g/mol. The number of rotatable bonds is 3. The van der Waals surface area contributed by atoms with Crippen LogP contribution < -0.4 is 4.90 Å². The number of pyridine rings is 1. The number of fused-ring (bicyclic) bond motifs is 1. The number of aromatic nitrogens is 1. The predicted molar refractivity (Wildman–Crippen MR) is 101 cm³/mol. The van der Waals surface area contributed by atoms with Gasteiger partial charge in [0.15, 0.2) is 0 Å². The highest BCUT2D eigenvalue weighted by atomic mass is 15.1. The first-order valence-electron chi connectivity index (χ1n) is 7.86. The lowest BCUT2D eigenvalue weighted by atomic mass is 10.0. The first-order valence-corrected chi connectivity index (χ1v) is 7.86. The van der Waals surface area contributed by atoms with Crippen LogP contribution in [0.4, 0.5) is 5.69 Å². The van der Waals surface area contributed by atoms with Crippen LogP contribution in [0.5, 0.6) is 0 Å². The van der Waals surface area contributed by atoms with Crippen LogP contribution in [0, 0.1) is 13.8 Å². The summed E-state index contributed by atoms with van der Waals surface area (Å²) in [4.78, 5) is 6.64. The number of hydrogen-bond donors (Lipinski definition) is 0. The zero-order valence-electron chi connectivity index (χ0n) is 14.2. The average Bonchev–Trinajstić information content (AvgIpc) is 2.53. The van der Waals surface area contributed by atoms with Crippen molar-refractivity contribution in [3.8, 4) is 0 Å². The van der Waals surface area contributed by atoms with Gasteiger partial charge >= 0.3 is 0 Å². The Bertz CT molecular complexity index is 876. The Morgan fingerprint density at radius 2 is 1.70 bits per heavy atom. The van der Waals surface area contributed by atoms with Crippen molar-refractivity contribution in [3.63, 3.8) is 0 Å². The molecule has 0 N–H and O–H groups in total. The minimum Gasteiger partial charge on any atom is -0.377 e. The number of benzene rings is 2. The molecule has 2 heteroatoms. The highest BCUT2D eigenvalue weighted by Crippen LogP contribution is 2.24. The number of aryl methyl sites for hydroxylation is 2. The Morgan fingerprint density at radius 1 is 0.913 bits per heavy atom. The zero-order chi connectivity index (χ0) is 16.4. The topological polar surface area (TPSA) is 16.1 Å². The lowest BCUT2D eigenvalue weighted by Gasteiger charge is -2.15. The molecule has 0 atom stereocenters. The molecule has 0 spiro atoms. The molecule has 0 saturated carbocycles. The maximum absolute atomic E-state index is 4.50. The van der Waals surface area contributed by atoms with Crippen molar-refractivity contribution >= 4 is 28.7 Å². The van der Waals surface area contributed by atoms with Gasteiger partial charge in [0.25, 0.3) is 0 Å². The second-order valence-electron chi connectivity index (χ2n) is 6.15. The van der Waals surface area contributed by atoms with Crippen molar-refractivity contribution in [2.24, 2.45) is 0 Å². The molecule has 0 aliphatic carbocycles. The van der Waals surface area contributed by atoms with E-state index < -0.39 is 0 Å². The van der Waals surface area contributed by atoms with Crippen LogP contribution in [-0.4, -0.2) is 19.1 Å². The van der Waals surface area contributed by atoms with Gasteiger partial charge in [0.2, 0.25) is 0 Å². The molecule has 2 aromatic carbocycles. The largest absolute Gasteiger partial charge is 0.377 e. The van der Waals surface area contributed by atoms with Crippen LogP contribution in [0.3, 0.4) is 0 Å². The normalized spacial score (nSPS) is 11.3. The molecule has 2 nitrogen and oxygen atoms in total. The number of nitrogens with zero attached hydrogens (tertiary/aromatic N) is 2. The summed E-state index contributed by atoms with van der Waals surface area (Å²) in [6.45, 7) is 4.26. The van der Waals surface area contributed by atoms with Gasteiger partial charge < -0.3 is 4.90 Å². The quantitative estimate of drug-likeness (QED) is 0.670. The smallest absolute Gasteiger partial charge is 0.0708 e. The molecule has 0 saturated heterocycles. The van der Waals surface area contributed by atoms with E-state index in [0.29, 0.717) is 0 Å². The highest BCUT2D eigenvalue weighted by molar-refractivity contribution is 5.91. The molecule has 116 valence electrons. The standard InChI is InChI=1S/C21H22N2/c1-15-13-17(10-12-21(15)23(3)4)9-11-18-16(2)14-22-20-8-6-5-7-19(18)20/h5-14H,1-4H3/b11-9+. The highest BCUT2D eigenvalue weighted by Gasteiger charge is 2.03. The van der Waals surface area contributed by atoms with Gasteiger partial charge in [-0.05, 0) is 54.3 Å². The van der Waals surface area contributed by atoms with E-state index in [1.165, 1.54) is 33.3 Å². The predicted octanol–water partition coefficient (Wildman–Crippen LogP) is 5.09. The van der Waals surface area contributed by atoms with E-state index in [9.17, 15) is 0 Å². The minimum absolute atomic E-state index is 1.04. The van der Waals surface area contributed by atoms with E-state index in [2.05, 4.69) is 86.4 Å². The van der Waals surface area contributed by atoms with Gasteiger partial charge in [-0.2, -0.15) is 0 Å². The van der Waals surface area contributed by atoms with Crippen molar-refractivity contribution in [3.05, 3.63) is 70.9 Å². The van der Waals surface area contributed by atoms with Gasteiger partial charge in [-0.3, -0.25) is 4.98 Å². The molecule has 0 fully saturated rings. The fourth-order valence-corrected chi connectivity index (χ4v) is 2.95. The van der Waals surface area contributed by atoms with Gasteiger partial charge in [0, 0.05) is 31.4 Å². The van der Waals surface area contributed by atoms with Crippen molar-refractivity contribution < 1.29 is 0 Å². The van der Waals surface area contributed by atoms with Crippen LogP contribution in [0.25, 0.3) is 23.1 Å². The van der Waals surface area contributed by atoms with Crippen LogP contribution in [-0.2, 0) is 0 Å². The first kappa shape index (κ1) is 15.3. The molecule has 0 unspecified atom stereocenters. The molecular formula is C21H22N2. The van der Waals surface area contributed by atoms with Crippen molar-refractivity contribution in [1.82, 2.24) is 4.98 Å². The van der Waals surface area contributed by atoms with Crippen molar-refractivity contribution in [2.75, 3.05) is 19.0 Å². The lowest BCUT2D eigenvalue weighted by Crippen LogP contribution is -2.09. The Hall–Kier alpha value is -2.61. The summed E-state index contributed by atoms with van der Waals surface area (Å²) in [7, 11) is 4.15. The second kappa shape index (κ2) is 6.25. The van der Waals surface area contributed by atoms with E-state index in [1.54, 1.807) is 0 Å². The van der Waals surface area contributed by atoms with Crippen LogP contribution in [0.15, 0.2) is 48.7 Å². The van der Waals surface area contributed by atoms with E-state index in [0.717, 1.165) is 5.52 Å². The summed E-state index contributed by atoms with van der Waals surface area (Å²) in [5, 5.41) is 1.20. The first-order chi connectivity index (χ1) is 11.1. The van der Waals surface area contributed by atoms with Gasteiger partial charge in [-0.25, -0.2) is 0 Å². The summed E-state index contributed by atoms with van der Waals surface area (Å²) < 4.78 is 0. The lowest BCUT2D eigenvalue weighted by molar-refractivity contribution is 1.11. The number of hydrogen-bond acceptors (Lipinski definition) is 2. The van der Waals surface area contributed by atoms with E-state index >= 15 is 0 Å². The van der Waals surface area contributed by atoms with Crippen molar-refractivity contribution in [2.45, 2.75) is 13.8 Å². The van der Waals surface area contributed by atoms with E-state index in [4.69, 9.17) is 0 Å². The van der Waals surface area contributed by atoms with Gasteiger partial charge in [0.1, 0.15) is 0 Å². The Labute approximate surface area is 138 Å². The van der Waals surface area contributed by atoms with Crippen molar-refractivity contribution in [1.29, 1.82) is 0 Å². The van der Waals surface area contributed by atoms with Crippen LogP contribution in [0.2, 0.25) is 0 Å². The average molecular weight is 302 g/mol. The molecule has 0 aliphatic rings. The van der Waals surface area contributed by atoms with Gasteiger partial charge in [-0.15, -0.1) is 0 Å². The SMILES string of the molecule is Cc1cc(/C=C/c2c(C)cnc3ccccc23)ccc1N(C)C. The molecule has 0 amide bonds. The Morgan fingerprint density at radius 3 is 2.43 bits per heavy atom. The summed E-state index contributed by atoms with van der Waals surface area (Å²) in [6.07, 6.45) is 6.33. The van der Waals surface area contributed by atoms with E-state index in [-0.39, 0.29) is 0 Å². The third kappa shape index (κ3) is 3.11. The minimum atomic E-state index is 1.04. The van der Waals surface area contributed by atoms with Gasteiger partial charge in [0.05, 0.1) is 5.52 Å². The molecule has 23 heavy (non-hydrogen) atoms. The number of para-hydroxylation sites is 1. The zero-order valence-corrected chi connectivity index (χ0v) is 14.2. The third-order valence-corrected chi connectivity index (χ3v) is 4.16. The maximum Gasteiger partial charge on any atom is 0.0708 e. The monoisotopic (exact) mass is 302 g/mol.